The van der Waals surface area contributed by atoms with Crippen LogP contribution in [-0.2, 0) is 4.57 Å². The third-order valence-electron chi connectivity index (χ3n) is 19.2. The molecule has 0 aromatic rings. The summed E-state index contributed by atoms with van der Waals surface area (Å²) in [5.41, 5.74) is 0. The van der Waals surface area contributed by atoms with E-state index in [4.69, 9.17) is 19.2 Å². The van der Waals surface area contributed by atoms with Crippen LogP contribution in [0.15, 0.2) is 0 Å². The average Bonchev–Trinajstić information content (AvgIpc) is 3.59. The molecular weight excluding hydrogens is 1070 g/mol. The van der Waals surface area contributed by atoms with Gasteiger partial charge in [-0.05, 0) is 96.3 Å². The Morgan fingerprint density at radius 1 is 0.174 bits per heavy atom. The lowest BCUT2D eigenvalue weighted by Gasteiger charge is -2.36. The summed E-state index contributed by atoms with van der Waals surface area (Å²) in [7, 11) is 2.24. The first-order valence-corrected chi connectivity index (χ1v) is 41.2. The standard InChI is InChI=1S/3C26H56N.H3O4P/c3*1-5-8-11-13-15-17-19-21-23-26-27(4,24-10-7-3)25-22-20-18-16-14-12-9-6-2;1-5(2,3)4/h3*5-26H2,1-4H3;(H3,1,2,3,4)/q3*+1;/p-3. The summed E-state index contributed by atoms with van der Waals surface area (Å²) in [5, 5.41) is 0. The highest BCUT2D eigenvalue weighted by atomic mass is 31.2. The van der Waals surface area contributed by atoms with Crippen LogP contribution in [0.5, 0.6) is 0 Å². The van der Waals surface area contributed by atoms with Crippen LogP contribution in [0.1, 0.15) is 428 Å². The first kappa shape index (κ1) is 92.4. The van der Waals surface area contributed by atoms with Crippen molar-refractivity contribution in [1.29, 1.82) is 0 Å². The fourth-order valence-electron chi connectivity index (χ4n) is 12.9. The molecular formula is C78H168N3O4P. The van der Waals surface area contributed by atoms with E-state index >= 15 is 0 Å². The maximum absolute atomic E-state index is 8.55. The molecule has 0 aliphatic rings. The minimum absolute atomic E-state index is 1.35. The second kappa shape index (κ2) is 74.0. The highest BCUT2D eigenvalue weighted by molar-refractivity contribution is 7.40. The van der Waals surface area contributed by atoms with Crippen LogP contribution in [0.25, 0.3) is 0 Å². The third kappa shape index (κ3) is 82.0. The topological polar surface area (TPSA) is 86.2 Å². The Balaban J connectivity index is -0.000000562. The first-order chi connectivity index (χ1) is 41.5. The van der Waals surface area contributed by atoms with E-state index in [0.717, 1.165) is 0 Å². The van der Waals surface area contributed by atoms with Crippen molar-refractivity contribution in [3.63, 3.8) is 0 Å². The highest BCUT2D eigenvalue weighted by Gasteiger charge is 2.22. The molecule has 0 heterocycles. The van der Waals surface area contributed by atoms with E-state index in [9.17, 15) is 0 Å². The zero-order chi connectivity index (χ0) is 64.7. The summed E-state index contributed by atoms with van der Waals surface area (Å²) < 4.78 is 12.6. The minimum Gasteiger partial charge on any atom is -0.822 e. The van der Waals surface area contributed by atoms with Crippen molar-refractivity contribution in [2.24, 2.45) is 0 Å². The molecule has 524 valence electrons. The molecule has 0 saturated carbocycles. The molecule has 0 rings (SSSR count). The molecule has 0 fully saturated rings. The Morgan fingerprint density at radius 3 is 0.360 bits per heavy atom. The second-order valence-electron chi connectivity index (χ2n) is 28.8. The van der Waals surface area contributed by atoms with Gasteiger partial charge in [0.15, 0.2) is 0 Å². The van der Waals surface area contributed by atoms with Crippen LogP contribution in [0.2, 0.25) is 0 Å². The molecule has 0 aromatic carbocycles. The SMILES string of the molecule is CCCCCCCCCCC[N+](C)(CCCC)CCCCCCCCCC.CCCCCCCCCCC[N+](C)(CCCC)CCCCCCCCCC.CCCCCCCCCCC[N+](C)(CCCC)CCCCCCCCCC.O=P([O-])([O-])[O-]. The van der Waals surface area contributed by atoms with Crippen molar-refractivity contribution >= 4 is 7.82 Å². The van der Waals surface area contributed by atoms with E-state index in [1.54, 1.807) is 0 Å². The Kier molecular flexibility index (Phi) is 79.5. The van der Waals surface area contributed by atoms with Crippen LogP contribution in [0.3, 0.4) is 0 Å². The Labute approximate surface area is 546 Å². The van der Waals surface area contributed by atoms with Crippen LogP contribution < -0.4 is 14.7 Å². The Hall–Kier alpha value is -0.0100. The van der Waals surface area contributed by atoms with Crippen LogP contribution in [0.4, 0.5) is 0 Å². The zero-order valence-electron chi connectivity index (χ0n) is 62.1. The van der Waals surface area contributed by atoms with E-state index in [2.05, 4.69) is 83.5 Å². The van der Waals surface area contributed by atoms with Crippen LogP contribution in [0, 0.1) is 0 Å². The van der Waals surface area contributed by atoms with Gasteiger partial charge in [0.05, 0.1) is 80.0 Å². The Bertz CT molecular complexity index is 1130. The van der Waals surface area contributed by atoms with Crippen molar-refractivity contribution < 1.29 is 32.7 Å². The molecule has 0 radical (unpaired) electrons. The monoisotopic (exact) mass is 1240 g/mol. The molecule has 0 saturated heterocycles. The van der Waals surface area contributed by atoms with Crippen molar-refractivity contribution in [2.45, 2.75) is 428 Å². The molecule has 0 spiro atoms. The van der Waals surface area contributed by atoms with Crippen molar-refractivity contribution in [1.82, 2.24) is 0 Å². The minimum atomic E-state index is -5.39. The predicted octanol–water partition coefficient (Wildman–Crippen LogP) is 23.9. The molecule has 0 N–H and O–H groups in total. The molecule has 0 bridgehead atoms. The zero-order valence-corrected chi connectivity index (χ0v) is 63.0. The summed E-state index contributed by atoms with van der Waals surface area (Å²) >= 11 is 0. The molecule has 8 heteroatoms. The summed E-state index contributed by atoms with van der Waals surface area (Å²) in [4.78, 5) is 25.6. The lowest BCUT2D eigenvalue weighted by Crippen LogP contribution is -2.46. The number of quaternary nitrogens is 3. The van der Waals surface area contributed by atoms with Crippen LogP contribution in [-0.4, -0.2) is 93.5 Å². The van der Waals surface area contributed by atoms with E-state index in [1.165, 1.54) is 438 Å². The molecule has 0 amide bonds. The summed E-state index contributed by atoms with van der Waals surface area (Å²) in [6.45, 7) is 33.6. The average molecular weight is 1240 g/mol. The lowest BCUT2D eigenvalue weighted by molar-refractivity contribution is -0.910. The normalized spacial score (nSPS) is 13.7. The summed E-state index contributed by atoms with van der Waals surface area (Å²) in [5.74, 6) is 0. The van der Waals surface area contributed by atoms with Crippen molar-refractivity contribution in [3.05, 3.63) is 0 Å². The summed E-state index contributed by atoms with van der Waals surface area (Å²) in [6.07, 6.45) is 82.2. The largest absolute Gasteiger partial charge is 0.822 e. The van der Waals surface area contributed by atoms with Crippen molar-refractivity contribution in [2.75, 3.05) is 80.0 Å². The Morgan fingerprint density at radius 2 is 0.256 bits per heavy atom. The molecule has 0 aliphatic heterocycles. The van der Waals surface area contributed by atoms with Crippen molar-refractivity contribution in [3.8, 4) is 0 Å². The van der Waals surface area contributed by atoms with Gasteiger partial charge in [-0.3, -0.25) is 0 Å². The van der Waals surface area contributed by atoms with E-state index < -0.39 is 7.82 Å². The van der Waals surface area contributed by atoms with Gasteiger partial charge in [0, 0.05) is 0 Å². The number of hydrogen-bond donors (Lipinski definition) is 0. The number of hydrogen-bond acceptors (Lipinski definition) is 4. The van der Waals surface area contributed by atoms with Crippen LogP contribution >= 0.6 is 7.82 Å². The second-order valence-corrected chi connectivity index (χ2v) is 29.7. The molecule has 3 unspecified atom stereocenters. The van der Waals surface area contributed by atoms with Gasteiger partial charge in [-0.2, -0.15) is 7.82 Å². The predicted molar refractivity (Wildman–Crippen MR) is 384 cm³/mol. The molecule has 0 aliphatic carbocycles. The maximum atomic E-state index is 8.55. The van der Waals surface area contributed by atoms with Gasteiger partial charge < -0.3 is 32.7 Å². The summed E-state index contributed by atoms with van der Waals surface area (Å²) in [6, 6.07) is 0. The van der Waals surface area contributed by atoms with E-state index in [1.807, 2.05) is 0 Å². The van der Waals surface area contributed by atoms with E-state index in [0.29, 0.717) is 0 Å². The van der Waals surface area contributed by atoms with Gasteiger partial charge in [-0.15, -0.1) is 0 Å². The van der Waals surface area contributed by atoms with Gasteiger partial charge in [-0.1, -0.05) is 332 Å². The van der Waals surface area contributed by atoms with Gasteiger partial charge >= 0.3 is 0 Å². The van der Waals surface area contributed by atoms with Gasteiger partial charge in [0.25, 0.3) is 0 Å². The van der Waals surface area contributed by atoms with E-state index in [-0.39, 0.29) is 0 Å². The highest BCUT2D eigenvalue weighted by Crippen LogP contribution is 2.20. The number of nitrogens with zero attached hydrogens (tertiary/aromatic N) is 3. The van der Waals surface area contributed by atoms with Gasteiger partial charge in [0.2, 0.25) is 0 Å². The van der Waals surface area contributed by atoms with Gasteiger partial charge in [-0.25, -0.2) is 0 Å². The third-order valence-corrected chi connectivity index (χ3v) is 19.2. The van der Waals surface area contributed by atoms with Gasteiger partial charge in [0.1, 0.15) is 0 Å². The molecule has 7 nitrogen and oxygen atoms in total. The fraction of sp³-hybridized carbons (Fsp3) is 1.00. The first-order valence-electron chi connectivity index (χ1n) is 39.8. The maximum Gasteiger partial charge on any atom is 0.0784 e. The fourth-order valence-corrected chi connectivity index (χ4v) is 12.9. The molecule has 0 aromatic heterocycles. The number of unbranched alkanes of at least 4 members (excludes halogenated alkanes) is 48. The molecule has 86 heavy (non-hydrogen) atoms. The quantitative estimate of drug-likeness (QED) is 0.0345. The smallest absolute Gasteiger partial charge is 0.0784 e. The number of phosphoric acid groups is 1. The molecule has 3 atom stereocenters. The number of rotatable bonds is 66. The lowest BCUT2D eigenvalue weighted by atomic mass is 10.1.